The zero-order valence-electron chi connectivity index (χ0n) is 12.4. The van der Waals surface area contributed by atoms with E-state index in [1.54, 1.807) is 0 Å². The summed E-state index contributed by atoms with van der Waals surface area (Å²) >= 11 is 1.98. The van der Waals surface area contributed by atoms with E-state index >= 15 is 0 Å². The van der Waals surface area contributed by atoms with Gasteiger partial charge >= 0.3 is 0 Å². The van der Waals surface area contributed by atoms with E-state index in [0.717, 1.165) is 49.1 Å². The lowest BCUT2D eigenvalue weighted by molar-refractivity contribution is 0.455. The number of nitrogens with two attached hydrogens (primary N) is 1. The predicted octanol–water partition coefficient (Wildman–Crippen LogP) is 1.55. The van der Waals surface area contributed by atoms with Crippen molar-refractivity contribution in [1.82, 2.24) is 9.88 Å². The molecule has 0 radical (unpaired) electrons. The van der Waals surface area contributed by atoms with Crippen LogP contribution < -0.4 is 10.6 Å². The quantitative estimate of drug-likeness (QED) is 0.678. The third kappa shape index (κ3) is 3.81. The van der Waals surface area contributed by atoms with Gasteiger partial charge in [-0.3, -0.25) is 0 Å². The highest BCUT2D eigenvalue weighted by Gasteiger charge is 2.13. The third-order valence-electron chi connectivity index (χ3n) is 4.00. The minimum absolute atomic E-state index is 0.614. The molecule has 3 rings (SSSR count). The number of hydrogen-bond donors (Lipinski definition) is 1. The largest absolute Gasteiger partial charge is 0.370 e. The van der Waals surface area contributed by atoms with E-state index in [4.69, 9.17) is 5.73 Å². The first-order chi connectivity index (χ1) is 10.3. The Morgan fingerprint density at radius 3 is 2.62 bits per heavy atom. The molecule has 0 aliphatic carbocycles. The first kappa shape index (κ1) is 14.5. The van der Waals surface area contributed by atoms with E-state index in [1.165, 1.54) is 12.8 Å². The second kappa shape index (κ2) is 7.02. The number of aromatic nitrogens is 1. The Hall–Kier alpha value is -1.43. The Labute approximate surface area is 130 Å². The average molecular weight is 305 g/mol. The van der Waals surface area contributed by atoms with Crippen LogP contribution in [0.1, 0.15) is 18.4 Å². The Bertz CT molecular complexity index is 475. The molecule has 0 spiro atoms. The van der Waals surface area contributed by atoms with Crippen molar-refractivity contribution in [2.75, 3.05) is 42.6 Å². The summed E-state index contributed by atoms with van der Waals surface area (Å²) in [5, 5.41) is 0. The molecule has 2 N–H and O–H groups in total. The Morgan fingerprint density at radius 1 is 1.19 bits per heavy atom. The lowest BCUT2D eigenvalue weighted by Gasteiger charge is -2.27. The minimum Gasteiger partial charge on any atom is -0.370 e. The molecule has 2 aliphatic rings. The molecule has 0 saturated carbocycles. The van der Waals surface area contributed by atoms with Crippen molar-refractivity contribution in [3.8, 4) is 0 Å². The van der Waals surface area contributed by atoms with Crippen LogP contribution in [0, 0.1) is 0 Å². The SMILES string of the molecule is NC(=NCc1ccc(N2CCCC2)nc1)N1CCSCC1. The number of anilines is 1. The molecule has 0 aromatic carbocycles. The molecule has 0 bridgehead atoms. The van der Waals surface area contributed by atoms with Crippen molar-refractivity contribution < 1.29 is 0 Å². The maximum Gasteiger partial charge on any atom is 0.191 e. The van der Waals surface area contributed by atoms with E-state index < -0.39 is 0 Å². The van der Waals surface area contributed by atoms with Gasteiger partial charge in [0.2, 0.25) is 0 Å². The van der Waals surface area contributed by atoms with Gasteiger partial charge in [0.05, 0.1) is 6.54 Å². The van der Waals surface area contributed by atoms with Crippen LogP contribution in [-0.4, -0.2) is 53.5 Å². The van der Waals surface area contributed by atoms with Gasteiger partial charge in [0, 0.05) is 43.9 Å². The first-order valence-electron chi connectivity index (χ1n) is 7.65. The van der Waals surface area contributed by atoms with Gasteiger partial charge < -0.3 is 15.5 Å². The molecule has 5 nitrogen and oxygen atoms in total. The number of pyridine rings is 1. The van der Waals surface area contributed by atoms with Gasteiger partial charge in [-0.1, -0.05) is 6.07 Å². The second-order valence-corrected chi connectivity index (χ2v) is 6.72. The highest BCUT2D eigenvalue weighted by molar-refractivity contribution is 7.99. The van der Waals surface area contributed by atoms with E-state index in [0.29, 0.717) is 12.5 Å². The Kier molecular flexibility index (Phi) is 4.85. The van der Waals surface area contributed by atoms with Gasteiger partial charge in [-0.05, 0) is 24.5 Å². The summed E-state index contributed by atoms with van der Waals surface area (Å²) in [4.78, 5) is 13.6. The zero-order valence-corrected chi connectivity index (χ0v) is 13.2. The van der Waals surface area contributed by atoms with Gasteiger partial charge in [0.25, 0.3) is 0 Å². The molecule has 0 amide bonds. The minimum atomic E-state index is 0.614. The molecular weight excluding hydrogens is 282 g/mol. The highest BCUT2D eigenvalue weighted by Crippen LogP contribution is 2.17. The summed E-state index contributed by atoms with van der Waals surface area (Å²) in [5.41, 5.74) is 7.18. The fraction of sp³-hybridized carbons (Fsp3) is 0.600. The van der Waals surface area contributed by atoms with Crippen LogP contribution in [0.5, 0.6) is 0 Å². The van der Waals surface area contributed by atoms with Gasteiger partial charge in [-0.15, -0.1) is 0 Å². The van der Waals surface area contributed by atoms with Crippen LogP contribution in [0.15, 0.2) is 23.3 Å². The maximum atomic E-state index is 6.06. The van der Waals surface area contributed by atoms with E-state index in [2.05, 4.69) is 31.9 Å². The fourth-order valence-electron chi connectivity index (χ4n) is 2.71. The number of thioether (sulfide) groups is 1. The standard InChI is InChI=1S/C15H23N5S/c16-15(20-7-9-21-10-8-20)18-12-13-3-4-14(17-11-13)19-5-1-2-6-19/h3-4,11H,1-2,5-10,12H2,(H2,16,18). The summed E-state index contributed by atoms with van der Waals surface area (Å²) in [6.07, 6.45) is 4.48. The van der Waals surface area contributed by atoms with Crippen LogP contribution in [-0.2, 0) is 6.54 Å². The van der Waals surface area contributed by atoms with Crippen molar-refractivity contribution in [2.45, 2.75) is 19.4 Å². The summed E-state index contributed by atoms with van der Waals surface area (Å²) < 4.78 is 0. The fourth-order valence-corrected chi connectivity index (χ4v) is 3.61. The van der Waals surface area contributed by atoms with Crippen LogP contribution >= 0.6 is 11.8 Å². The van der Waals surface area contributed by atoms with Crippen LogP contribution in [0.25, 0.3) is 0 Å². The van der Waals surface area contributed by atoms with Crippen molar-refractivity contribution in [2.24, 2.45) is 10.7 Å². The monoisotopic (exact) mass is 305 g/mol. The summed E-state index contributed by atoms with van der Waals surface area (Å²) in [7, 11) is 0. The maximum absolute atomic E-state index is 6.06. The van der Waals surface area contributed by atoms with Gasteiger partial charge in [0.1, 0.15) is 5.82 Å². The van der Waals surface area contributed by atoms with Crippen LogP contribution in [0.4, 0.5) is 5.82 Å². The van der Waals surface area contributed by atoms with E-state index in [9.17, 15) is 0 Å². The molecule has 1 aromatic rings. The molecule has 2 saturated heterocycles. The lowest BCUT2D eigenvalue weighted by atomic mass is 10.3. The Balaban J connectivity index is 1.57. The summed E-state index contributed by atoms with van der Waals surface area (Å²) in [6.45, 7) is 4.88. The molecule has 2 aliphatic heterocycles. The van der Waals surface area contributed by atoms with Crippen molar-refractivity contribution in [1.29, 1.82) is 0 Å². The molecular formula is C15H23N5S. The van der Waals surface area contributed by atoms with Crippen molar-refractivity contribution in [3.05, 3.63) is 23.9 Å². The van der Waals surface area contributed by atoms with E-state index in [-0.39, 0.29) is 0 Å². The number of hydrogen-bond acceptors (Lipinski definition) is 4. The molecule has 3 heterocycles. The van der Waals surface area contributed by atoms with Gasteiger partial charge in [-0.2, -0.15) is 11.8 Å². The van der Waals surface area contributed by atoms with Crippen LogP contribution in [0.3, 0.4) is 0 Å². The molecule has 0 atom stereocenters. The average Bonchev–Trinajstić information content (AvgIpc) is 3.08. The number of guanidine groups is 1. The van der Waals surface area contributed by atoms with Crippen molar-refractivity contribution in [3.63, 3.8) is 0 Å². The molecule has 21 heavy (non-hydrogen) atoms. The predicted molar refractivity (Wildman–Crippen MR) is 89.9 cm³/mol. The first-order valence-corrected chi connectivity index (χ1v) is 8.81. The number of rotatable bonds is 3. The van der Waals surface area contributed by atoms with Crippen molar-refractivity contribution >= 4 is 23.5 Å². The van der Waals surface area contributed by atoms with Gasteiger partial charge in [-0.25, -0.2) is 9.98 Å². The Morgan fingerprint density at radius 2 is 1.95 bits per heavy atom. The third-order valence-corrected chi connectivity index (χ3v) is 4.94. The topological polar surface area (TPSA) is 57.8 Å². The van der Waals surface area contributed by atoms with E-state index in [1.807, 2.05) is 18.0 Å². The highest BCUT2D eigenvalue weighted by atomic mass is 32.2. The van der Waals surface area contributed by atoms with Gasteiger partial charge in [0.15, 0.2) is 5.96 Å². The molecule has 2 fully saturated rings. The number of nitrogens with zero attached hydrogens (tertiary/aromatic N) is 4. The normalized spacial score (nSPS) is 20.1. The molecule has 1 aromatic heterocycles. The number of aliphatic imine (C=N–C) groups is 1. The molecule has 0 unspecified atom stereocenters. The van der Waals surface area contributed by atoms with Crippen LogP contribution in [0.2, 0.25) is 0 Å². The molecule has 6 heteroatoms. The smallest absolute Gasteiger partial charge is 0.191 e. The zero-order chi connectivity index (χ0) is 14.5. The summed E-state index contributed by atoms with van der Waals surface area (Å²) in [6, 6.07) is 4.22. The lowest BCUT2D eigenvalue weighted by Crippen LogP contribution is -2.42. The second-order valence-electron chi connectivity index (χ2n) is 5.49. The molecule has 114 valence electrons. The summed E-state index contributed by atoms with van der Waals surface area (Å²) in [5.74, 6) is 4.03.